The molecule has 2 aromatic carbocycles. The third-order valence-electron chi connectivity index (χ3n) is 3.63. The van der Waals surface area contributed by atoms with Crippen molar-refractivity contribution in [2.24, 2.45) is 0 Å². The lowest BCUT2D eigenvalue weighted by atomic mass is 10.1. The molecule has 1 N–H and O–H groups in total. The van der Waals surface area contributed by atoms with Crippen molar-refractivity contribution in [3.05, 3.63) is 53.3 Å². The van der Waals surface area contributed by atoms with Gasteiger partial charge in [0.15, 0.2) is 11.6 Å². The highest BCUT2D eigenvalue weighted by Gasteiger charge is 2.11. The van der Waals surface area contributed by atoms with E-state index in [1.54, 1.807) is 13.2 Å². The number of nitrogens with one attached hydrogen (secondary N) is 1. The lowest BCUT2D eigenvalue weighted by Gasteiger charge is -2.13. The Labute approximate surface area is 136 Å². The topological polar surface area (TPSA) is 39.7 Å². The predicted molar refractivity (Wildman–Crippen MR) is 87.9 cm³/mol. The molecule has 0 unspecified atom stereocenters. The number of para-hydroxylation sites is 1. The largest absolute Gasteiger partial charge is 0.496 e. The summed E-state index contributed by atoms with van der Waals surface area (Å²) in [6, 6.07) is 10.9. The molecule has 0 saturated carbocycles. The van der Waals surface area contributed by atoms with Crippen LogP contribution in [0, 0.1) is 5.82 Å². The van der Waals surface area contributed by atoms with Crippen LogP contribution < -0.4 is 19.5 Å². The third kappa shape index (κ3) is 4.36. The molecule has 0 aliphatic rings. The lowest BCUT2D eigenvalue weighted by Crippen LogP contribution is -2.17. The van der Waals surface area contributed by atoms with Gasteiger partial charge in [-0.25, -0.2) is 4.39 Å². The second kappa shape index (κ2) is 8.39. The van der Waals surface area contributed by atoms with Crippen LogP contribution in [-0.2, 0) is 13.0 Å². The predicted octanol–water partition coefficient (Wildman–Crippen LogP) is 3.18. The molecule has 0 heterocycles. The van der Waals surface area contributed by atoms with Crippen LogP contribution in [0.1, 0.15) is 11.1 Å². The maximum absolute atomic E-state index is 13.7. The third-order valence-corrected chi connectivity index (χ3v) is 3.63. The first-order valence-corrected chi connectivity index (χ1v) is 7.42. The first-order chi connectivity index (χ1) is 11.2. The van der Waals surface area contributed by atoms with Crippen molar-refractivity contribution in [2.75, 3.05) is 27.9 Å². The van der Waals surface area contributed by atoms with Crippen LogP contribution in [0.25, 0.3) is 0 Å². The van der Waals surface area contributed by atoms with E-state index in [9.17, 15) is 4.39 Å². The first kappa shape index (κ1) is 17.1. The van der Waals surface area contributed by atoms with Crippen LogP contribution in [0.5, 0.6) is 17.2 Å². The second-order valence-corrected chi connectivity index (χ2v) is 5.04. The molecule has 0 aliphatic carbocycles. The van der Waals surface area contributed by atoms with E-state index in [-0.39, 0.29) is 5.75 Å². The average molecular weight is 318 g/mol. The Hall–Kier alpha value is -2.27. The summed E-state index contributed by atoms with van der Waals surface area (Å²) >= 11 is 0. The smallest absolute Gasteiger partial charge is 0.168 e. The van der Waals surface area contributed by atoms with Crippen molar-refractivity contribution in [1.82, 2.24) is 5.32 Å². The molecule has 0 saturated heterocycles. The Bertz CT molecular complexity index is 646. The number of hydrogen-bond donors (Lipinski definition) is 1. The fourth-order valence-electron chi connectivity index (χ4n) is 2.41. The summed E-state index contributed by atoms with van der Waals surface area (Å²) in [7, 11) is 4.65. The Morgan fingerprint density at radius 1 is 0.870 bits per heavy atom. The summed E-state index contributed by atoms with van der Waals surface area (Å²) in [6.07, 6.45) is 0.703. The number of benzene rings is 2. The Morgan fingerprint density at radius 3 is 2.26 bits per heavy atom. The zero-order chi connectivity index (χ0) is 16.7. The number of halogens is 1. The van der Waals surface area contributed by atoms with Gasteiger partial charge >= 0.3 is 0 Å². The standard InChI is InChI=1S/C18H22FNO3/c1-21-16-7-5-4-6-14(16)12-20-9-8-13-10-18(23-3)15(19)11-17(13)22-2/h4-7,10-11,20H,8-9,12H2,1-3H3/i19-1. The lowest BCUT2D eigenvalue weighted by molar-refractivity contribution is 0.374. The van der Waals surface area contributed by atoms with Gasteiger partial charge in [-0.2, -0.15) is 0 Å². The molecule has 124 valence electrons. The van der Waals surface area contributed by atoms with Crippen molar-refractivity contribution >= 4 is 0 Å². The van der Waals surface area contributed by atoms with E-state index in [1.807, 2.05) is 24.3 Å². The number of methoxy groups -OCH3 is 3. The first-order valence-electron chi connectivity index (χ1n) is 7.42. The summed E-state index contributed by atoms with van der Waals surface area (Å²) in [5.74, 6) is 1.20. The number of rotatable bonds is 8. The van der Waals surface area contributed by atoms with E-state index in [0.29, 0.717) is 18.7 Å². The van der Waals surface area contributed by atoms with Crippen LogP contribution in [0.3, 0.4) is 0 Å². The maximum atomic E-state index is 13.7. The average Bonchev–Trinajstić information content (AvgIpc) is 2.59. The molecule has 0 atom stereocenters. The number of hydrogen-bond acceptors (Lipinski definition) is 4. The van der Waals surface area contributed by atoms with Crippen LogP contribution in [0.4, 0.5) is 4.39 Å². The van der Waals surface area contributed by atoms with Crippen molar-refractivity contribution in [3.8, 4) is 17.2 Å². The molecular formula is C18H22FNO3. The zero-order valence-corrected chi connectivity index (χ0v) is 13.7. The van der Waals surface area contributed by atoms with Gasteiger partial charge in [0.1, 0.15) is 11.5 Å². The minimum Gasteiger partial charge on any atom is -0.496 e. The summed E-state index contributed by atoms with van der Waals surface area (Å²) in [6.45, 7) is 1.42. The van der Waals surface area contributed by atoms with E-state index in [4.69, 9.17) is 14.2 Å². The molecule has 0 aliphatic heterocycles. The Balaban J connectivity index is 1.96. The molecule has 0 spiro atoms. The van der Waals surface area contributed by atoms with Gasteiger partial charge < -0.3 is 19.5 Å². The monoisotopic (exact) mass is 318 g/mol. The molecule has 2 rings (SSSR count). The van der Waals surface area contributed by atoms with E-state index in [2.05, 4.69) is 5.32 Å². The maximum Gasteiger partial charge on any atom is 0.168 e. The highest BCUT2D eigenvalue weighted by molar-refractivity contribution is 5.41. The molecule has 0 amide bonds. The normalized spacial score (nSPS) is 10.4. The number of ether oxygens (including phenoxy) is 3. The van der Waals surface area contributed by atoms with E-state index < -0.39 is 5.82 Å². The Morgan fingerprint density at radius 2 is 1.57 bits per heavy atom. The van der Waals surface area contributed by atoms with Crippen LogP contribution >= 0.6 is 0 Å². The van der Waals surface area contributed by atoms with Gasteiger partial charge in [-0.15, -0.1) is 0 Å². The SMILES string of the molecule is COc1cc(CCNCc2ccccc2OC)c(OC)cc1[18F]. The minimum absolute atomic E-state index is 0.227. The molecule has 0 bridgehead atoms. The summed E-state index contributed by atoms with van der Waals surface area (Å²) in [5, 5.41) is 3.36. The fourth-order valence-corrected chi connectivity index (χ4v) is 2.41. The molecule has 5 heteroatoms. The van der Waals surface area contributed by atoms with E-state index in [1.165, 1.54) is 20.3 Å². The minimum atomic E-state index is -0.421. The van der Waals surface area contributed by atoms with Gasteiger partial charge in [-0.1, -0.05) is 18.2 Å². The molecule has 23 heavy (non-hydrogen) atoms. The van der Waals surface area contributed by atoms with E-state index >= 15 is 0 Å². The summed E-state index contributed by atoms with van der Waals surface area (Å²) in [5.41, 5.74) is 2.00. The van der Waals surface area contributed by atoms with Crippen molar-refractivity contribution in [3.63, 3.8) is 0 Å². The van der Waals surface area contributed by atoms with Gasteiger partial charge in [-0.05, 0) is 30.7 Å². The van der Waals surface area contributed by atoms with Crippen molar-refractivity contribution < 1.29 is 18.6 Å². The van der Waals surface area contributed by atoms with Crippen molar-refractivity contribution in [2.45, 2.75) is 13.0 Å². The quantitative estimate of drug-likeness (QED) is 0.759. The van der Waals surface area contributed by atoms with E-state index in [0.717, 1.165) is 23.4 Å². The Kier molecular flexibility index (Phi) is 6.23. The molecular weight excluding hydrogens is 296 g/mol. The van der Waals surface area contributed by atoms with Gasteiger partial charge in [0.05, 0.1) is 21.3 Å². The van der Waals surface area contributed by atoms with Crippen LogP contribution in [0.2, 0.25) is 0 Å². The fraction of sp³-hybridized carbons (Fsp3) is 0.333. The second-order valence-electron chi connectivity index (χ2n) is 5.04. The summed E-state index contributed by atoms with van der Waals surface area (Å²) < 4.78 is 29.3. The zero-order valence-electron chi connectivity index (χ0n) is 13.7. The highest BCUT2D eigenvalue weighted by atomic mass is 18.2. The highest BCUT2D eigenvalue weighted by Crippen LogP contribution is 2.27. The summed E-state index contributed by atoms with van der Waals surface area (Å²) in [4.78, 5) is 0. The van der Waals surface area contributed by atoms with Gasteiger partial charge in [0.2, 0.25) is 0 Å². The molecule has 4 nitrogen and oxygen atoms in total. The molecule has 2 aromatic rings. The van der Waals surface area contributed by atoms with Gasteiger partial charge in [0.25, 0.3) is 0 Å². The van der Waals surface area contributed by atoms with Crippen LogP contribution in [-0.4, -0.2) is 27.9 Å². The van der Waals surface area contributed by atoms with Gasteiger partial charge in [-0.3, -0.25) is 0 Å². The van der Waals surface area contributed by atoms with Crippen molar-refractivity contribution in [1.29, 1.82) is 0 Å². The molecule has 0 fully saturated rings. The molecule has 0 aromatic heterocycles. The molecule has 0 radical (unpaired) electrons. The van der Waals surface area contributed by atoms with Gasteiger partial charge in [0, 0.05) is 18.2 Å². The van der Waals surface area contributed by atoms with Crippen LogP contribution in [0.15, 0.2) is 36.4 Å².